The Balaban J connectivity index is 3.92. The zero-order valence-electron chi connectivity index (χ0n) is 4.99. The van der Waals surface area contributed by atoms with Crippen molar-refractivity contribution in [3.8, 4) is 0 Å². The first-order chi connectivity index (χ1) is 5.10. The van der Waals surface area contributed by atoms with Gasteiger partial charge in [-0.3, -0.25) is 0 Å². The van der Waals surface area contributed by atoms with E-state index in [4.69, 9.17) is 0 Å². The molecule has 0 amide bonds. The van der Waals surface area contributed by atoms with E-state index in [0.29, 0.717) is 0 Å². The van der Waals surface area contributed by atoms with Crippen LogP contribution in [0.25, 0.3) is 0 Å². The summed E-state index contributed by atoms with van der Waals surface area (Å²) < 4.78 is 65.8. The second kappa shape index (κ2) is 3.89. The first-order valence-electron chi connectivity index (χ1n) is 2.15. The number of alkyl halides is 6. The van der Waals surface area contributed by atoms with Gasteiger partial charge < -0.3 is 0 Å². The van der Waals surface area contributed by atoms with Crippen molar-refractivity contribution in [2.75, 3.05) is 0 Å². The normalized spacial score (nSPS) is 13.2. The Kier molecular flexibility index (Phi) is 3.92. The van der Waals surface area contributed by atoms with Crippen molar-refractivity contribution in [3.05, 3.63) is 0 Å². The van der Waals surface area contributed by atoms with Gasteiger partial charge in [0, 0.05) is 0 Å². The fourth-order valence-corrected chi connectivity index (χ4v) is 2.18. The Morgan fingerprint density at radius 1 is 1.08 bits per heavy atom. The van der Waals surface area contributed by atoms with Crippen molar-refractivity contribution < 1.29 is 31.1 Å². The standard InChI is InChI=1S/C3F6OSSe/c4-2(5,6)11-1(10)12-3(7,8)9. The van der Waals surface area contributed by atoms with Gasteiger partial charge in [-0.15, -0.1) is 0 Å². The average molecular weight is 277 g/mol. The van der Waals surface area contributed by atoms with E-state index < -0.39 is 41.3 Å². The van der Waals surface area contributed by atoms with Crippen molar-refractivity contribution in [1.29, 1.82) is 0 Å². The molecule has 0 saturated carbocycles. The summed E-state index contributed by atoms with van der Waals surface area (Å²) in [5, 5.41) is -4.82. The molecule has 0 rings (SSSR count). The summed E-state index contributed by atoms with van der Waals surface area (Å²) in [7, 11) is 0. The fourth-order valence-electron chi connectivity index (χ4n) is 0.210. The van der Waals surface area contributed by atoms with E-state index in [2.05, 4.69) is 0 Å². The summed E-state index contributed by atoms with van der Waals surface area (Å²) in [4.78, 5) is 10.0. The maximum atomic E-state index is 11.3. The summed E-state index contributed by atoms with van der Waals surface area (Å²) in [5.74, 6) is 0. The monoisotopic (exact) mass is 278 g/mol. The molecule has 0 radical (unpaired) electrons. The molecule has 0 aliphatic heterocycles. The molecule has 0 spiro atoms. The predicted octanol–water partition coefficient (Wildman–Crippen LogP) is 2.58. The van der Waals surface area contributed by atoms with Crippen LogP contribution in [0.3, 0.4) is 0 Å². The zero-order valence-corrected chi connectivity index (χ0v) is 7.52. The summed E-state index contributed by atoms with van der Waals surface area (Å²) >= 11 is -3.87. The van der Waals surface area contributed by atoms with Crippen LogP contribution >= 0.6 is 11.8 Å². The van der Waals surface area contributed by atoms with Crippen LogP contribution in [0.15, 0.2) is 0 Å². The molecular formula is C3F6OSSe. The van der Waals surface area contributed by atoms with Gasteiger partial charge in [0.25, 0.3) is 0 Å². The Hall–Kier alpha value is 0.119. The molecule has 0 unspecified atom stereocenters. The number of hydrogen-bond donors (Lipinski definition) is 0. The van der Waals surface area contributed by atoms with Gasteiger partial charge in [0.1, 0.15) is 0 Å². The minimum atomic E-state index is -4.93. The Morgan fingerprint density at radius 3 is 1.75 bits per heavy atom. The van der Waals surface area contributed by atoms with E-state index in [9.17, 15) is 31.1 Å². The summed E-state index contributed by atoms with van der Waals surface area (Å²) in [6, 6.07) is 0. The summed E-state index contributed by atoms with van der Waals surface area (Å²) in [6.45, 7) is 0. The topological polar surface area (TPSA) is 17.1 Å². The minimum absolute atomic E-state index is 1.25. The molecule has 72 valence electrons. The van der Waals surface area contributed by atoms with Crippen molar-refractivity contribution in [2.45, 2.75) is 10.6 Å². The van der Waals surface area contributed by atoms with E-state index in [1.165, 1.54) is 0 Å². The van der Waals surface area contributed by atoms with Crippen LogP contribution in [0.4, 0.5) is 31.1 Å². The second-order valence-electron chi connectivity index (χ2n) is 1.35. The Labute approximate surface area is 73.0 Å². The molecule has 12 heavy (non-hydrogen) atoms. The van der Waals surface area contributed by atoms with Crippen LogP contribution in [0.2, 0.25) is 0 Å². The summed E-state index contributed by atoms with van der Waals surface area (Å²) in [6.07, 6.45) is 0. The molecule has 0 N–H and O–H groups in total. The van der Waals surface area contributed by atoms with E-state index >= 15 is 0 Å². The SMILES string of the molecule is O=C(SC(F)(F)F)[Se]C(F)(F)F. The van der Waals surface area contributed by atoms with Crippen LogP contribution in [-0.2, 0) is 0 Å². The van der Waals surface area contributed by atoms with E-state index in [1.807, 2.05) is 0 Å². The first kappa shape index (κ1) is 12.1. The van der Waals surface area contributed by atoms with Crippen molar-refractivity contribution in [3.63, 3.8) is 0 Å². The molecule has 1 nitrogen and oxygen atoms in total. The third kappa shape index (κ3) is 8.22. The molecule has 0 heterocycles. The number of carbonyl (C=O) groups excluding carboxylic acids is 1. The van der Waals surface area contributed by atoms with Crippen LogP contribution in [-0.4, -0.2) is 29.6 Å². The molecule has 0 fully saturated rings. The van der Waals surface area contributed by atoms with E-state index in [-0.39, 0.29) is 0 Å². The molecule has 9 heteroatoms. The van der Waals surface area contributed by atoms with Crippen molar-refractivity contribution in [2.24, 2.45) is 0 Å². The van der Waals surface area contributed by atoms with Gasteiger partial charge in [0.05, 0.1) is 0 Å². The van der Waals surface area contributed by atoms with Gasteiger partial charge in [0.2, 0.25) is 0 Å². The molecular weight excluding hydrogens is 277 g/mol. The van der Waals surface area contributed by atoms with Gasteiger partial charge in [-0.1, -0.05) is 0 Å². The van der Waals surface area contributed by atoms with Crippen LogP contribution in [0.5, 0.6) is 0 Å². The maximum absolute atomic E-state index is 11.3. The second-order valence-corrected chi connectivity index (χ2v) is 5.14. The van der Waals surface area contributed by atoms with Crippen molar-refractivity contribution >= 4 is 30.7 Å². The fraction of sp³-hybridized carbons (Fsp3) is 0.667. The third-order valence-corrected chi connectivity index (χ3v) is 2.59. The molecule has 0 aliphatic rings. The molecule has 0 atom stereocenters. The third-order valence-electron chi connectivity index (χ3n) is 0.398. The molecule has 0 aliphatic carbocycles. The molecule has 0 bridgehead atoms. The van der Waals surface area contributed by atoms with Gasteiger partial charge >= 0.3 is 72.5 Å². The summed E-state index contributed by atoms with van der Waals surface area (Å²) in [5.41, 5.74) is -4.93. The quantitative estimate of drug-likeness (QED) is 0.541. The van der Waals surface area contributed by atoms with E-state index in [0.717, 1.165) is 0 Å². The van der Waals surface area contributed by atoms with Gasteiger partial charge in [-0.25, -0.2) is 0 Å². The number of carbonyl (C=O) groups is 1. The van der Waals surface area contributed by atoms with Crippen LogP contribution in [0.1, 0.15) is 0 Å². The molecule has 0 aromatic carbocycles. The van der Waals surface area contributed by atoms with Crippen LogP contribution in [0, 0.1) is 0 Å². The number of halogens is 6. The number of thioether (sulfide) groups is 1. The zero-order chi connectivity index (χ0) is 9.99. The predicted molar refractivity (Wildman–Crippen MR) is 30.9 cm³/mol. The number of hydrogen-bond acceptors (Lipinski definition) is 2. The van der Waals surface area contributed by atoms with E-state index in [1.54, 1.807) is 0 Å². The Bertz CT molecular complexity index is 155. The molecule has 0 saturated heterocycles. The Morgan fingerprint density at radius 2 is 1.50 bits per heavy atom. The average Bonchev–Trinajstić information content (AvgIpc) is 1.49. The molecule has 0 aromatic rings. The first-order valence-corrected chi connectivity index (χ1v) is 4.68. The van der Waals surface area contributed by atoms with Gasteiger partial charge in [-0.2, -0.15) is 0 Å². The van der Waals surface area contributed by atoms with Gasteiger partial charge in [-0.05, 0) is 0 Å². The number of rotatable bonds is 1. The van der Waals surface area contributed by atoms with Gasteiger partial charge in [0.15, 0.2) is 0 Å². The molecule has 0 aromatic heterocycles. The van der Waals surface area contributed by atoms with Crippen molar-refractivity contribution in [1.82, 2.24) is 0 Å². The van der Waals surface area contributed by atoms with Crippen LogP contribution < -0.4 is 0 Å².